The maximum absolute atomic E-state index is 12.5. The van der Waals surface area contributed by atoms with Crippen molar-refractivity contribution in [3.8, 4) is 11.1 Å². The first-order valence-electron chi connectivity index (χ1n) is 11.8. The van der Waals surface area contributed by atoms with Gasteiger partial charge >= 0.3 is 0 Å². The third-order valence-electron chi connectivity index (χ3n) is 6.65. The number of halogens is 1. The number of benzene rings is 1. The molecule has 36 heavy (non-hydrogen) atoms. The zero-order valence-electron chi connectivity index (χ0n) is 19.8. The molecule has 0 radical (unpaired) electrons. The van der Waals surface area contributed by atoms with E-state index in [1.54, 1.807) is 23.6 Å². The quantitative estimate of drug-likeness (QED) is 0.390. The van der Waals surface area contributed by atoms with E-state index in [2.05, 4.69) is 44.6 Å². The van der Waals surface area contributed by atoms with E-state index in [1.165, 1.54) is 21.5 Å². The van der Waals surface area contributed by atoms with Crippen LogP contribution in [0.5, 0.6) is 0 Å². The Labute approximate surface area is 217 Å². The summed E-state index contributed by atoms with van der Waals surface area (Å²) in [4.78, 5) is 29.1. The molecule has 8 nitrogen and oxygen atoms in total. The summed E-state index contributed by atoms with van der Waals surface area (Å²) in [7, 11) is 0. The van der Waals surface area contributed by atoms with E-state index in [4.69, 9.17) is 21.5 Å². The van der Waals surface area contributed by atoms with E-state index in [0.717, 1.165) is 58.2 Å². The van der Waals surface area contributed by atoms with Gasteiger partial charge in [-0.15, -0.1) is 11.3 Å². The van der Waals surface area contributed by atoms with Crippen LogP contribution in [0.15, 0.2) is 47.5 Å². The maximum Gasteiger partial charge on any atom is 0.290 e. The molecule has 0 spiro atoms. The topological polar surface area (TPSA) is 100 Å². The number of nitrogens with one attached hydrogen (secondary N) is 1. The lowest BCUT2D eigenvalue weighted by Gasteiger charge is -2.44. The van der Waals surface area contributed by atoms with Gasteiger partial charge in [-0.2, -0.15) is 5.10 Å². The minimum Gasteiger partial charge on any atom is -0.483 e. The number of rotatable bonds is 4. The van der Waals surface area contributed by atoms with Gasteiger partial charge in [0, 0.05) is 64.3 Å². The third kappa shape index (κ3) is 4.61. The number of aryl methyl sites for hydroxylation is 2. The SMILES string of the molecule is Cc1ccnn(Cc2cc3nccc(-c4cc(Cl)cc5c4N(C4CNC4)CCC5)c3s2)c1=O.O=CO. The van der Waals surface area contributed by atoms with E-state index in [1.807, 2.05) is 13.1 Å². The molecule has 2 aliphatic heterocycles. The first kappa shape index (κ1) is 24.4. The second-order valence-corrected chi connectivity index (χ2v) is 10.5. The minimum atomic E-state index is -0.250. The number of aromatic nitrogens is 3. The normalized spacial score (nSPS) is 15.1. The summed E-state index contributed by atoms with van der Waals surface area (Å²) >= 11 is 8.29. The fraction of sp³-hybridized carbons (Fsp3) is 0.308. The number of pyridine rings is 1. The lowest BCUT2D eigenvalue weighted by molar-refractivity contribution is -0.122. The van der Waals surface area contributed by atoms with E-state index in [0.29, 0.717) is 18.2 Å². The molecule has 2 aliphatic rings. The van der Waals surface area contributed by atoms with Crippen LogP contribution in [-0.2, 0) is 17.8 Å². The molecule has 0 bridgehead atoms. The molecule has 186 valence electrons. The Morgan fingerprint density at radius 3 is 2.78 bits per heavy atom. The number of hydrogen-bond acceptors (Lipinski definition) is 7. The van der Waals surface area contributed by atoms with E-state index >= 15 is 0 Å². The van der Waals surface area contributed by atoms with Crippen molar-refractivity contribution in [2.45, 2.75) is 32.4 Å². The smallest absolute Gasteiger partial charge is 0.290 e. The Balaban J connectivity index is 0.000000848. The number of thiophene rings is 1. The Hall–Kier alpha value is -3.27. The summed E-state index contributed by atoms with van der Waals surface area (Å²) < 4.78 is 2.64. The highest BCUT2D eigenvalue weighted by Crippen LogP contribution is 2.44. The lowest BCUT2D eigenvalue weighted by atomic mass is 9.92. The molecule has 1 saturated heterocycles. The van der Waals surface area contributed by atoms with Crippen molar-refractivity contribution in [1.29, 1.82) is 0 Å². The molecule has 0 aliphatic carbocycles. The summed E-state index contributed by atoms with van der Waals surface area (Å²) in [5.41, 5.74) is 6.55. The van der Waals surface area contributed by atoms with Gasteiger partial charge in [-0.3, -0.25) is 14.6 Å². The predicted molar refractivity (Wildman–Crippen MR) is 143 cm³/mol. The molecule has 3 aromatic heterocycles. The minimum absolute atomic E-state index is 0.0585. The lowest BCUT2D eigenvalue weighted by Crippen LogP contribution is -2.58. The van der Waals surface area contributed by atoms with Gasteiger partial charge in [-0.05, 0) is 55.7 Å². The fourth-order valence-electron chi connectivity index (χ4n) is 4.89. The highest BCUT2D eigenvalue weighted by Gasteiger charge is 2.31. The predicted octanol–water partition coefficient (Wildman–Crippen LogP) is 3.96. The standard InChI is InChI=1S/C25H24ClN5OS.CH2O2/c1-15-4-7-29-31(25(15)32)14-19-11-22-24(33-19)20(5-6-28-22)21-10-17(26)9-16-3-2-8-30(23(16)21)18-12-27-13-18;2-1-3/h4-7,9-11,18,27H,2-3,8,12-14H2,1H3;1H,(H,2,3). The van der Waals surface area contributed by atoms with E-state index in [-0.39, 0.29) is 12.0 Å². The number of anilines is 1. The number of carbonyl (C=O) groups is 1. The first-order chi connectivity index (χ1) is 17.5. The van der Waals surface area contributed by atoms with Crippen molar-refractivity contribution in [3.05, 3.63) is 74.1 Å². The van der Waals surface area contributed by atoms with E-state index in [9.17, 15) is 4.79 Å². The van der Waals surface area contributed by atoms with Crippen molar-refractivity contribution in [2.24, 2.45) is 0 Å². The van der Waals surface area contributed by atoms with Crippen molar-refractivity contribution < 1.29 is 9.90 Å². The molecule has 10 heteroatoms. The Kier molecular flexibility index (Phi) is 7.04. The Morgan fingerprint density at radius 1 is 1.22 bits per heavy atom. The van der Waals surface area contributed by atoms with Gasteiger partial charge in [-0.25, -0.2) is 4.68 Å². The highest BCUT2D eigenvalue weighted by atomic mass is 35.5. The number of hydrogen-bond donors (Lipinski definition) is 2. The van der Waals surface area contributed by atoms with Gasteiger partial charge in [0.1, 0.15) is 0 Å². The number of nitrogens with zero attached hydrogens (tertiary/aromatic N) is 4. The largest absolute Gasteiger partial charge is 0.483 e. The molecule has 0 saturated carbocycles. The van der Waals surface area contributed by atoms with Gasteiger partial charge in [0.15, 0.2) is 0 Å². The van der Waals surface area contributed by atoms with Crippen LogP contribution in [0.3, 0.4) is 0 Å². The van der Waals surface area contributed by atoms with Crippen molar-refractivity contribution >= 4 is 45.3 Å². The molecule has 5 heterocycles. The summed E-state index contributed by atoms with van der Waals surface area (Å²) in [6, 6.07) is 10.7. The summed E-state index contributed by atoms with van der Waals surface area (Å²) in [5.74, 6) is 0. The van der Waals surface area contributed by atoms with Crippen LogP contribution in [0.25, 0.3) is 21.3 Å². The monoisotopic (exact) mass is 523 g/mol. The molecule has 0 atom stereocenters. The Bertz CT molecular complexity index is 1480. The van der Waals surface area contributed by atoms with Gasteiger partial charge in [0.25, 0.3) is 12.0 Å². The zero-order chi connectivity index (χ0) is 25.2. The van der Waals surface area contributed by atoms with Gasteiger partial charge in [0.05, 0.1) is 22.8 Å². The maximum atomic E-state index is 12.5. The summed E-state index contributed by atoms with van der Waals surface area (Å²) in [6.45, 7) is 5.12. The molecule has 6 rings (SSSR count). The van der Waals surface area contributed by atoms with Crippen LogP contribution in [0.1, 0.15) is 22.4 Å². The second kappa shape index (κ2) is 10.4. The molecule has 4 aromatic rings. The first-order valence-corrected chi connectivity index (χ1v) is 13.0. The molecular weight excluding hydrogens is 498 g/mol. The Morgan fingerprint density at radius 2 is 2.03 bits per heavy atom. The average molecular weight is 524 g/mol. The second-order valence-electron chi connectivity index (χ2n) is 8.94. The van der Waals surface area contributed by atoms with Crippen LogP contribution >= 0.6 is 22.9 Å². The van der Waals surface area contributed by atoms with Crippen LogP contribution in [0, 0.1) is 6.92 Å². The van der Waals surface area contributed by atoms with Crippen molar-refractivity contribution in [2.75, 3.05) is 24.5 Å². The molecule has 0 unspecified atom stereocenters. The summed E-state index contributed by atoms with van der Waals surface area (Å²) in [5, 5.41) is 15.3. The summed E-state index contributed by atoms with van der Waals surface area (Å²) in [6.07, 6.45) is 5.74. The molecular formula is C26H26ClN5O3S. The highest BCUT2D eigenvalue weighted by molar-refractivity contribution is 7.19. The van der Waals surface area contributed by atoms with Crippen LogP contribution in [-0.4, -0.2) is 52.0 Å². The van der Waals surface area contributed by atoms with Crippen molar-refractivity contribution in [3.63, 3.8) is 0 Å². The molecule has 2 N–H and O–H groups in total. The average Bonchev–Trinajstić information content (AvgIpc) is 3.23. The van der Waals surface area contributed by atoms with Gasteiger partial charge in [-0.1, -0.05) is 11.6 Å². The molecule has 1 fully saturated rings. The third-order valence-corrected chi connectivity index (χ3v) is 8.01. The van der Waals surface area contributed by atoms with Crippen molar-refractivity contribution in [1.82, 2.24) is 20.1 Å². The zero-order valence-corrected chi connectivity index (χ0v) is 21.3. The molecule has 0 amide bonds. The molecule has 1 aromatic carbocycles. The number of carboxylic acid groups (broad SMARTS) is 1. The van der Waals surface area contributed by atoms with Crippen LogP contribution < -0.4 is 15.8 Å². The van der Waals surface area contributed by atoms with Crippen LogP contribution in [0.4, 0.5) is 5.69 Å². The van der Waals surface area contributed by atoms with Crippen LogP contribution in [0.2, 0.25) is 5.02 Å². The van der Waals surface area contributed by atoms with E-state index < -0.39 is 0 Å². The van der Waals surface area contributed by atoms with Gasteiger partial charge < -0.3 is 15.3 Å². The fourth-order valence-corrected chi connectivity index (χ4v) is 6.26. The van der Waals surface area contributed by atoms with Gasteiger partial charge in [0.2, 0.25) is 0 Å². The number of fused-ring (bicyclic) bond motifs is 2.